The molecule has 1 aromatic heterocycles. The maximum atomic E-state index is 13.0. The Bertz CT molecular complexity index is 590. The summed E-state index contributed by atoms with van der Waals surface area (Å²) in [6, 6.07) is 3.32. The van der Waals surface area contributed by atoms with Gasteiger partial charge in [-0.3, -0.25) is 0 Å². The van der Waals surface area contributed by atoms with E-state index in [-0.39, 0.29) is 6.42 Å². The number of nitriles is 2. The Balaban J connectivity index is 3.09. The summed E-state index contributed by atoms with van der Waals surface area (Å²) >= 11 is 0. The number of rotatable bonds is 5. The zero-order chi connectivity index (χ0) is 16.3. The van der Waals surface area contributed by atoms with Crippen LogP contribution in [0.2, 0.25) is 0 Å². The molecule has 21 heavy (non-hydrogen) atoms. The molecule has 112 valence electrons. The average molecular weight is 305 g/mol. The molecule has 5 nitrogen and oxygen atoms in total. The molecule has 0 aliphatic heterocycles. The number of hydrogen-bond acceptors (Lipinski definition) is 4. The van der Waals surface area contributed by atoms with Gasteiger partial charge in [0.25, 0.3) is 0 Å². The van der Waals surface area contributed by atoms with Crippen molar-refractivity contribution in [2.45, 2.75) is 25.1 Å². The molecule has 0 saturated carbocycles. The number of allylic oxidation sites excluding steroid dienone is 1. The van der Waals surface area contributed by atoms with Gasteiger partial charge in [-0.2, -0.15) is 32.5 Å². The van der Waals surface area contributed by atoms with E-state index >= 15 is 0 Å². The van der Waals surface area contributed by atoms with Gasteiger partial charge in [0.15, 0.2) is 5.41 Å². The van der Waals surface area contributed by atoms with Crippen LogP contribution in [-0.2, 0) is 12.5 Å². The molecule has 1 aromatic rings. The van der Waals surface area contributed by atoms with Gasteiger partial charge in [-0.1, -0.05) is 6.08 Å². The number of aromatic nitrogens is 3. The molecule has 0 N–H and O–H groups in total. The molecule has 0 saturated heterocycles. The molecule has 0 aliphatic rings. The van der Waals surface area contributed by atoms with Crippen molar-refractivity contribution in [2.24, 2.45) is 5.41 Å². The second-order valence-electron chi connectivity index (χ2n) is 4.14. The van der Waals surface area contributed by atoms with Crippen LogP contribution in [-0.4, -0.2) is 20.9 Å². The van der Waals surface area contributed by atoms with Crippen LogP contribution in [0.25, 0.3) is 0 Å². The van der Waals surface area contributed by atoms with Gasteiger partial charge >= 0.3 is 12.1 Å². The van der Waals surface area contributed by atoms with Crippen molar-refractivity contribution < 1.29 is 22.0 Å². The monoisotopic (exact) mass is 305 g/mol. The lowest BCUT2D eigenvalue weighted by molar-refractivity contribution is -0.292. The third-order valence-corrected chi connectivity index (χ3v) is 2.53. The quantitative estimate of drug-likeness (QED) is 0.618. The summed E-state index contributed by atoms with van der Waals surface area (Å²) in [5.74, 6) is -6.95. The molecule has 1 heterocycles. The average Bonchev–Trinajstić information content (AvgIpc) is 2.85. The molecule has 0 spiro atoms. The largest absolute Gasteiger partial charge is 0.461 e. The molecule has 0 bridgehead atoms. The fourth-order valence-corrected chi connectivity index (χ4v) is 1.42. The molecular weight excluding hydrogens is 297 g/mol. The van der Waals surface area contributed by atoms with Crippen molar-refractivity contribution in [3.05, 3.63) is 24.8 Å². The standard InChI is InChI=1S/C11H8F5N5/c1-2-3-9(4-17,5-18)6-21-7-19-8(20-21)10(12,13)11(14,15)16/h2,7H,1,3,6H2. The van der Waals surface area contributed by atoms with Crippen LogP contribution in [0.4, 0.5) is 22.0 Å². The first-order valence-corrected chi connectivity index (χ1v) is 5.40. The molecule has 0 amide bonds. The second kappa shape index (κ2) is 5.48. The smallest absolute Gasteiger partial charge is 0.250 e. The lowest BCUT2D eigenvalue weighted by Crippen LogP contribution is -2.35. The van der Waals surface area contributed by atoms with Crippen molar-refractivity contribution in [2.75, 3.05) is 0 Å². The molecule has 10 heteroatoms. The summed E-state index contributed by atoms with van der Waals surface area (Å²) in [7, 11) is 0. The minimum Gasteiger partial charge on any atom is -0.250 e. The Hall–Kier alpha value is -2.49. The van der Waals surface area contributed by atoms with Crippen LogP contribution in [0.15, 0.2) is 19.0 Å². The van der Waals surface area contributed by atoms with Gasteiger partial charge < -0.3 is 0 Å². The number of alkyl halides is 5. The number of nitrogens with zero attached hydrogens (tertiary/aromatic N) is 5. The minimum absolute atomic E-state index is 0.106. The number of hydrogen-bond donors (Lipinski definition) is 0. The highest BCUT2D eigenvalue weighted by Crippen LogP contribution is 2.42. The predicted molar refractivity (Wildman–Crippen MR) is 58.4 cm³/mol. The Morgan fingerprint density at radius 3 is 2.24 bits per heavy atom. The summed E-state index contributed by atoms with van der Waals surface area (Å²) in [4.78, 5) is 2.90. The summed E-state index contributed by atoms with van der Waals surface area (Å²) in [5, 5.41) is 20.9. The Morgan fingerprint density at radius 2 is 1.81 bits per heavy atom. The van der Waals surface area contributed by atoms with Gasteiger partial charge in [0, 0.05) is 0 Å². The fraction of sp³-hybridized carbons (Fsp3) is 0.455. The van der Waals surface area contributed by atoms with Crippen molar-refractivity contribution in [3.63, 3.8) is 0 Å². The lowest BCUT2D eigenvalue weighted by atomic mass is 9.88. The highest BCUT2D eigenvalue weighted by molar-refractivity contribution is 5.15. The van der Waals surface area contributed by atoms with E-state index in [1.807, 2.05) is 0 Å². The molecule has 0 radical (unpaired) electrons. The Kier molecular flexibility index (Phi) is 4.32. The maximum Gasteiger partial charge on any atom is 0.461 e. The van der Waals surface area contributed by atoms with Gasteiger partial charge in [-0.25, -0.2) is 9.67 Å². The van der Waals surface area contributed by atoms with E-state index in [0.29, 0.717) is 11.0 Å². The van der Waals surface area contributed by atoms with Crippen LogP contribution >= 0.6 is 0 Å². The minimum atomic E-state index is -5.83. The Morgan fingerprint density at radius 1 is 1.24 bits per heavy atom. The summed E-state index contributed by atoms with van der Waals surface area (Å²) in [6.45, 7) is 2.84. The van der Waals surface area contributed by atoms with Crippen LogP contribution < -0.4 is 0 Å². The van der Waals surface area contributed by atoms with Crippen LogP contribution in [0.3, 0.4) is 0 Å². The van der Waals surface area contributed by atoms with E-state index in [2.05, 4.69) is 16.7 Å². The first-order chi connectivity index (χ1) is 9.62. The summed E-state index contributed by atoms with van der Waals surface area (Å²) < 4.78 is 63.1. The fourth-order valence-electron chi connectivity index (χ4n) is 1.42. The highest BCUT2D eigenvalue weighted by Gasteiger charge is 2.61. The van der Waals surface area contributed by atoms with Crippen LogP contribution in [0, 0.1) is 28.1 Å². The summed E-state index contributed by atoms with van der Waals surface area (Å²) in [5.41, 5.74) is -1.67. The first kappa shape index (κ1) is 16.6. The molecule has 0 aromatic carbocycles. The Labute approximate surface area is 115 Å². The van der Waals surface area contributed by atoms with Gasteiger partial charge in [0.1, 0.15) is 6.33 Å². The van der Waals surface area contributed by atoms with Crippen LogP contribution in [0.5, 0.6) is 0 Å². The molecule has 0 fully saturated rings. The predicted octanol–water partition coefficient (Wildman–Crippen LogP) is 2.54. The zero-order valence-corrected chi connectivity index (χ0v) is 10.4. The van der Waals surface area contributed by atoms with Gasteiger partial charge in [0.2, 0.25) is 5.82 Å². The second-order valence-corrected chi connectivity index (χ2v) is 4.14. The normalized spacial score (nSPS) is 12.5. The van der Waals surface area contributed by atoms with E-state index in [0.717, 1.165) is 0 Å². The van der Waals surface area contributed by atoms with Gasteiger partial charge in [-0.05, 0) is 6.42 Å². The van der Waals surface area contributed by atoms with Crippen LogP contribution in [0.1, 0.15) is 12.2 Å². The van der Waals surface area contributed by atoms with E-state index in [1.54, 1.807) is 12.1 Å². The van der Waals surface area contributed by atoms with E-state index in [9.17, 15) is 22.0 Å². The van der Waals surface area contributed by atoms with Crippen molar-refractivity contribution in [3.8, 4) is 12.1 Å². The molecular formula is C11H8F5N5. The molecule has 1 rings (SSSR count). The van der Waals surface area contributed by atoms with E-state index < -0.39 is 29.9 Å². The van der Waals surface area contributed by atoms with Gasteiger partial charge in [-0.15, -0.1) is 11.7 Å². The maximum absolute atomic E-state index is 13.0. The highest BCUT2D eigenvalue weighted by atomic mass is 19.4. The van der Waals surface area contributed by atoms with Crippen molar-refractivity contribution >= 4 is 0 Å². The molecule has 0 atom stereocenters. The van der Waals surface area contributed by atoms with E-state index in [1.165, 1.54) is 6.08 Å². The topological polar surface area (TPSA) is 78.3 Å². The van der Waals surface area contributed by atoms with Crippen molar-refractivity contribution in [1.82, 2.24) is 14.8 Å². The summed E-state index contributed by atoms with van der Waals surface area (Å²) in [6.07, 6.45) is -4.07. The molecule has 0 unspecified atom stereocenters. The van der Waals surface area contributed by atoms with Crippen molar-refractivity contribution in [1.29, 1.82) is 10.5 Å². The molecule has 0 aliphatic carbocycles. The lowest BCUT2D eigenvalue weighted by Gasteiger charge is -2.17. The SMILES string of the molecule is C=CCC(C#N)(C#N)Cn1cnc(C(F)(F)C(F)(F)F)n1. The third-order valence-electron chi connectivity index (χ3n) is 2.53. The third kappa shape index (κ3) is 3.16. The first-order valence-electron chi connectivity index (χ1n) is 5.40. The van der Waals surface area contributed by atoms with Gasteiger partial charge in [0.05, 0.1) is 18.7 Å². The van der Waals surface area contributed by atoms with E-state index in [4.69, 9.17) is 10.5 Å². The zero-order valence-electron chi connectivity index (χ0n) is 10.4. The number of halogens is 5.